The highest BCUT2D eigenvalue weighted by atomic mass is 32.1. The molecular weight excluding hydrogens is 288 g/mol. The van der Waals surface area contributed by atoms with Crippen LogP contribution in [0, 0.1) is 0 Å². The van der Waals surface area contributed by atoms with Crippen molar-refractivity contribution in [3.05, 3.63) is 21.6 Å². The van der Waals surface area contributed by atoms with E-state index in [9.17, 15) is 0 Å². The van der Waals surface area contributed by atoms with Crippen LogP contribution in [0.3, 0.4) is 0 Å². The number of hydrazine groups is 1. The normalized spacial score (nSPS) is 15.2. The number of anilines is 2. The molecule has 0 bridgehead atoms. The van der Waals surface area contributed by atoms with Gasteiger partial charge in [-0.2, -0.15) is 0 Å². The van der Waals surface area contributed by atoms with E-state index in [1.807, 2.05) is 0 Å². The number of hydrogen-bond donors (Lipinski definition) is 1. The molecule has 0 amide bonds. The second-order valence-corrected chi connectivity index (χ2v) is 8.11. The Morgan fingerprint density at radius 1 is 1.15 bits per heavy atom. The summed E-state index contributed by atoms with van der Waals surface area (Å²) in [6.45, 7) is 6.48. The molecule has 4 nitrogen and oxygen atoms in total. The van der Waals surface area contributed by atoms with Gasteiger partial charge in [0, 0.05) is 15.7 Å². The largest absolute Gasteiger partial charge is 0.239 e. The molecule has 0 radical (unpaired) electrons. The Kier molecular flexibility index (Phi) is 3.56. The lowest BCUT2D eigenvalue weighted by Gasteiger charge is -2.15. The lowest BCUT2D eigenvalue weighted by atomic mass is 9.93. The molecule has 1 aliphatic rings. The first-order valence-corrected chi connectivity index (χ1v) is 8.64. The molecule has 2 N–H and O–H groups in total. The summed E-state index contributed by atoms with van der Waals surface area (Å²) in [4.78, 5) is 10.7. The highest BCUT2D eigenvalue weighted by molar-refractivity contribution is 7.17. The topological polar surface area (TPSA) is 55.0 Å². The molecular formula is C14H20N4S2. The lowest BCUT2D eigenvalue weighted by molar-refractivity contribution is 0.573. The molecule has 0 aliphatic heterocycles. The molecule has 1 aliphatic carbocycles. The van der Waals surface area contributed by atoms with Crippen molar-refractivity contribution in [1.29, 1.82) is 0 Å². The fourth-order valence-electron chi connectivity index (χ4n) is 2.24. The van der Waals surface area contributed by atoms with E-state index in [4.69, 9.17) is 5.84 Å². The van der Waals surface area contributed by atoms with Crippen LogP contribution in [-0.4, -0.2) is 9.97 Å². The van der Waals surface area contributed by atoms with Crippen LogP contribution in [-0.2, 0) is 18.3 Å². The molecule has 6 heteroatoms. The Hall–Kier alpha value is -0.980. The van der Waals surface area contributed by atoms with Gasteiger partial charge in [0.25, 0.3) is 0 Å². The molecule has 0 saturated carbocycles. The number of nitrogens with two attached hydrogens (primary N) is 1. The number of aromatic nitrogens is 2. The second kappa shape index (κ2) is 5.09. The van der Waals surface area contributed by atoms with E-state index in [1.54, 1.807) is 27.7 Å². The van der Waals surface area contributed by atoms with Gasteiger partial charge in [-0.15, -0.1) is 11.3 Å². The average molecular weight is 308 g/mol. The van der Waals surface area contributed by atoms with E-state index in [0.29, 0.717) is 0 Å². The Labute approximate surface area is 127 Å². The van der Waals surface area contributed by atoms with Crippen molar-refractivity contribution in [1.82, 2.24) is 9.97 Å². The van der Waals surface area contributed by atoms with E-state index < -0.39 is 0 Å². The smallest absolute Gasteiger partial charge is 0.206 e. The summed E-state index contributed by atoms with van der Waals surface area (Å²) >= 11 is 3.29. The minimum absolute atomic E-state index is 0.0533. The van der Waals surface area contributed by atoms with Crippen LogP contribution in [0.1, 0.15) is 49.9 Å². The summed E-state index contributed by atoms with van der Waals surface area (Å²) in [7, 11) is 0. The van der Waals surface area contributed by atoms with E-state index in [2.05, 4.69) is 36.1 Å². The second-order valence-electron chi connectivity index (χ2n) is 6.21. The van der Waals surface area contributed by atoms with Gasteiger partial charge in [0.15, 0.2) is 0 Å². The van der Waals surface area contributed by atoms with E-state index in [0.717, 1.165) is 28.8 Å². The van der Waals surface area contributed by atoms with Crippen molar-refractivity contribution in [2.45, 2.75) is 51.9 Å². The molecule has 0 unspecified atom stereocenters. The van der Waals surface area contributed by atoms with Crippen LogP contribution >= 0.6 is 22.7 Å². The van der Waals surface area contributed by atoms with Crippen molar-refractivity contribution in [2.24, 2.45) is 5.84 Å². The summed E-state index contributed by atoms with van der Waals surface area (Å²) in [6, 6.07) is 0. The van der Waals surface area contributed by atoms with Crippen molar-refractivity contribution in [2.75, 3.05) is 5.01 Å². The first kappa shape index (κ1) is 14.0. The van der Waals surface area contributed by atoms with Crippen LogP contribution in [0.15, 0.2) is 5.38 Å². The third-order valence-corrected chi connectivity index (χ3v) is 5.50. The van der Waals surface area contributed by atoms with Crippen LogP contribution in [0.2, 0.25) is 0 Å². The van der Waals surface area contributed by atoms with Crippen molar-refractivity contribution in [3.63, 3.8) is 0 Å². The van der Waals surface area contributed by atoms with Gasteiger partial charge in [0.1, 0.15) is 0 Å². The highest BCUT2D eigenvalue weighted by Gasteiger charge is 2.22. The number of rotatable bonds is 2. The number of hydrogen-bond acceptors (Lipinski definition) is 6. The van der Waals surface area contributed by atoms with Crippen LogP contribution in [0.25, 0.3) is 0 Å². The Balaban J connectivity index is 1.86. The molecule has 0 saturated heterocycles. The molecule has 20 heavy (non-hydrogen) atoms. The molecule has 2 aromatic rings. The molecule has 2 aromatic heterocycles. The predicted molar refractivity (Wildman–Crippen MR) is 85.9 cm³/mol. The van der Waals surface area contributed by atoms with Gasteiger partial charge >= 0.3 is 0 Å². The molecule has 3 rings (SSSR count). The Morgan fingerprint density at radius 3 is 2.55 bits per heavy atom. The summed E-state index contributed by atoms with van der Waals surface area (Å²) in [5.74, 6) is 6.21. The number of thiazole rings is 2. The van der Waals surface area contributed by atoms with Gasteiger partial charge in [-0.25, -0.2) is 20.8 Å². The molecule has 0 aromatic carbocycles. The van der Waals surface area contributed by atoms with Gasteiger partial charge in [0.05, 0.1) is 11.4 Å². The Morgan fingerprint density at radius 2 is 1.90 bits per heavy atom. The number of fused-ring (bicyclic) bond motifs is 1. The van der Waals surface area contributed by atoms with Gasteiger partial charge in [-0.3, -0.25) is 0 Å². The minimum atomic E-state index is 0.0533. The third kappa shape index (κ3) is 2.60. The first-order valence-electron chi connectivity index (χ1n) is 6.94. The fourth-order valence-corrected chi connectivity index (χ4v) is 4.35. The number of aryl methyl sites for hydroxylation is 2. The quantitative estimate of drug-likeness (QED) is 0.677. The third-order valence-electron chi connectivity index (χ3n) is 3.51. The van der Waals surface area contributed by atoms with Gasteiger partial charge in [0.2, 0.25) is 10.3 Å². The lowest BCUT2D eigenvalue weighted by Crippen LogP contribution is -2.25. The molecule has 0 fully saturated rings. The maximum Gasteiger partial charge on any atom is 0.206 e. The number of nitrogens with zero attached hydrogens (tertiary/aromatic N) is 3. The maximum absolute atomic E-state index is 6.21. The van der Waals surface area contributed by atoms with Crippen molar-refractivity contribution >= 4 is 32.9 Å². The van der Waals surface area contributed by atoms with Gasteiger partial charge < -0.3 is 0 Å². The zero-order chi connectivity index (χ0) is 14.3. The summed E-state index contributed by atoms with van der Waals surface area (Å²) in [5.41, 5.74) is 2.37. The first-order chi connectivity index (χ1) is 9.45. The average Bonchev–Trinajstić information content (AvgIpc) is 3.04. The van der Waals surface area contributed by atoms with Gasteiger partial charge in [-0.1, -0.05) is 32.1 Å². The Bertz CT molecular complexity index is 585. The van der Waals surface area contributed by atoms with E-state index in [-0.39, 0.29) is 5.41 Å². The maximum atomic E-state index is 6.21. The SMILES string of the molecule is CC(C)(C)c1csc(N(N)c2nc3c(s2)CCCC3)n1. The molecule has 108 valence electrons. The predicted octanol–water partition coefficient (Wildman–Crippen LogP) is 3.79. The molecule has 0 spiro atoms. The van der Waals surface area contributed by atoms with Crippen LogP contribution in [0.4, 0.5) is 10.3 Å². The standard InChI is InChI=1S/C14H20N4S2/c1-14(2,3)11-8-19-12(17-11)18(15)13-16-9-6-4-5-7-10(9)20-13/h8H,4-7,15H2,1-3H3. The molecule has 0 atom stereocenters. The van der Waals surface area contributed by atoms with Crippen LogP contribution in [0.5, 0.6) is 0 Å². The zero-order valence-corrected chi connectivity index (χ0v) is 13.8. The summed E-state index contributed by atoms with van der Waals surface area (Å²) in [5, 5.41) is 5.42. The van der Waals surface area contributed by atoms with E-state index >= 15 is 0 Å². The highest BCUT2D eigenvalue weighted by Crippen LogP contribution is 2.35. The minimum Gasteiger partial charge on any atom is -0.239 e. The van der Waals surface area contributed by atoms with Gasteiger partial charge in [-0.05, 0) is 25.7 Å². The fraction of sp³-hybridized carbons (Fsp3) is 0.571. The van der Waals surface area contributed by atoms with Crippen LogP contribution < -0.4 is 10.9 Å². The van der Waals surface area contributed by atoms with E-state index in [1.165, 1.54) is 23.4 Å². The van der Waals surface area contributed by atoms with Crippen molar-refractivity contribution < 1.29 is 0 Å². The van der Waals surface area contributed by atoms with Crippen molar-refractivity contribution in [3.8, 4) is 0 Å². The zero-order valence-electron chi connectivity index (χ0n) is 12.1. The molecule has 2 heterocycles. The summed E-state index contributed by atoms with van der Waals surface area (Å²) < 4.78 is 0. The monoisotopic (exact) mass is 308 g/mol. The summed E-state index contributed by atoms with van der Waals surface area (Å²) in [6.07, 6.45) is 4.74.